The molecule has 32 heavy (non-hydrogen) atoms. The van der Waals surface area contributed by atoms with Crippen LogP contribution in [-0.2, 0) is 20.9 Å². The van der Waals surface area contributed by atoms with Crippen LogP contribution in [0.4, 0.5) is 5.69 Å². The number of anilines is 1. The zero-order valence-corrected chi connectivity index (χ0v) is 19.4. The summed E-state index contributed by atoms with van der Waals surface area (Å²) in [4.78, 5) is 26.1. The van der Waals surface area contributed by atoms with Gasteiger partial charge in [0.15, 0.2) is 0 Å². The first kappa shape index (κ1) is 21.9. The highest BCUT2D eigenvalue weighted by molar-refractivity contribution is 7.80. The van der Waals surface area contributed by atoms with Gasteiger partial charge < -0.3 is 15.6 Å². The van der Waals surface area contributed by atoms with Crippen LogP contribution in [0.3, 0.4) is 0 Å². The fourth-order valence-corrected chi connectivity index (χ4v) is 8.49. The number of carbonyl (C=O) groups is 2. The summed E-state index contributed by atoms with van der Waals surface area (Å²) >= 11 is -2.58. The van der Waals surface area contributed by atoms with E-state index >= 15 is 0 Å². The Morgan fingerprint density at radius 3 is 2.31 bits per heavy atom. The molecule has 5 aliphatic carbocycles. The minimum Gasteiger partial charge on any atom is -0.755 e. The summed E-state index contributed by atoms with van der Waals surface area (Å²) in [6.07, 6.45) is 7.04. The molecule has 5 saturated carbocycles. The number of primary amides is 1. The molecule has 3 atom stereocenters. The van der Waals surface area contributed by atoms with Gasteiger partial charge in [0, 0.05) is 22.7 Å². The van der Waals surface area contributed by atoms with Crippen molar-refractivity contribution >= 4 is 28.8 Å². The van der Waals surface area contributed by atoms with Crippen LogP contribution in [0.2, 0.25) is 0 Å². The Hall–Kier alpha value is -1.93. The van der Waals surface area contributed by atoms with Crippen molar-refractivity contribution in [3.63, 3.8) is 0 Å². The number of amides is 2. The summed E-state index contributed by atoms with van der Waals surface area (Å²) in [7, 11) is 0. The highest BCUT2D eigenvalue weighted by Crippen LogP contribution is 2.60. The van der Waals surface area contributed by atoms with E-state index in [2.05, 4.69) is 5.32 Å². The molecule has 4 bridgehead atoms. The number of rotatable bonds is 6. The summed E-state index contributed by atoms with van der Waals surface area (Å²) in [6, 6.07) is 7.32. The minimum absolute atomic E-state index is 0.0113. The Morgan fingerprint density at radius 2 is 1.75 bits per heavy atom. The van der Waals surface area contributed by atoms with Gasteiger partial charge in [-0.15, -0.1) is 0 Å². The molecule has 2 amide bonds. The maximum absolute atomic E-state index is 13.9. The Bertz CT molecular complexity index is 944. The molecule has 0 radical (unpaired) electrons. The van der Waals surface area contributed by atoms with Gasteiger partial charge in [-0.2, -0.15) is 0 Å². The van der Waals surface area contributed by atoms with E-state index in [-0.39, 0.29) is 29.7 Å². The van der Waals surface area contributed by atoms with Crippen LogP contribution >= 0.6 is 0 Å². The molecular formula is C24H32N3O4S-. The number of nitrogens with zero attached hydrogens (tertiary/aromatic N) is 1. The Labute approximate surface area is 191 Å². The van der Waals surface area contributed by atoms with Gasteiger partial charge in [-0.1, -0.05) is 31.0 Å². The lowest BCUT2D eigenvalue weighted by atomic mass is 9.47. The molecule has 8 heteroatoms. The number of aryl methyl sites for hydroxylation is 1. The predicted molar refractivity (Wildman–Crippen MR) is 121 cm³/mol. The maximum Gasteiger partial charge on any atom is 0.247 e. The lowest BCUT2D eigenvalue weighted by molar-refractivity contribution is -0.148. The van der Waals surface area contributed by atoms with Crippen molar-refractivity contribution in [3.05, 3.63) is 29.8 Å². The highest BCUT2D eigenvalue weighted by atomic mass is 32.2. The van der Waals surface area contributed by atoms with Crippen LogP contribution in [0, 0.1) is 30.1 Å². The third-order valence-corrected chi connectivity index (χ3v) is 9.66. The first-order chi connectivity index (χ1) is 15.3. The zero-order valence-electron chi connectivity index (χ0n) is 18.5. The number of para-hydroxylation sites is 1. The van der Waals surface area contributed by atoms with Crippen LogP contribution in [-0.4, -0.2) is 32.2 Å². The smallest absolute Gasteiger partial charge is 0.247 e. The number of nitrogens with one attached hydrogen (secondary N) is 1. The average molecular weight is 459 g/mol. The van der Waals surface area contributed by atoms with Crippen molar-refractivity contribution in [2.45, 2.75) is 76.3 Å². The van der Waals surface area contributed by atoms with Gasteiger partial charge in [0.25, 0.3) is 0 Å². The molecule has 0 saturated heterocycles. The van der Waals surface area contributed by atoms with Gasteiger partial charge in [0.1, 0.15) is 5.54 Å². The molecule has 5 aliphatic rings. The molecule has 1 aromatic carbocycles. The maximum atomic E-state index is 13.9. The first-order valence-electron chi connectivity index (χ1n) is 11.8. The topological polar surface area (TPSA) is 116 Å². The summed E-state index contributed by atoms with van der Waals surface area (Å²) in [5, 5.41) is 3.32. The van der Waals surface area contributed by atoms with Crippen LogP contribution in [0.15, 0.2) is 24.3 Å². The van der Waals surface area contributed by atoms with Crippen molar-refractivity contribution in [1.82, 2.24) is 5.32 Å². The van der Waals surface area contributed by atoms with Gasteiger partial charge in [-0.25, -0.2) is 0 Å². The fraction of sp³-hybridized carbons (Fsp3) is 0.667. The second-order valence-electron chi connectivity index (χ2n) is 10.7. The van der Waals surface area contributed by atoms with E-state index in [0.717, 1.165) is 50.5 Å². The number of nitrogens with two attached hydrogens (primary N) is 1. The van der Waals surface area contributed by atoms with Crippen LogP contribution in [0.5, 0.6) is 0 Å². The molecule has 6 rings (SSSR count). The molecule has 7 nitrogen and oxygen atoms in total. The highest BCUT2D eigenvalue weighted by Gasteiger charge is 2.59. The molecule has 174 valence electrons. The van der Waals surface area contributed by atoms with Crippen molar-refractivity contribution < 1.29 is 18.4 Å². The summed E-state index contributed by atoms with van der Waals surface area (Å²) in [6.45, 7) is 1.87. The fourth-order valence-electron chi connectivity index (χ4n) is 7.57. The minimum atomic E-state index is -2.58. The quantitative estimate of drug-likeness (QED) is 0.638. The Balaban J connectivity index is 1.44. The SMILES string of the molecule is Cc1ccccc1N(S(=O)[O-])C1(C(=O)NC2C3CC4CC2CC(C(N)=O)(C4)C3)CCCC1. The third kappa shape index (κ3) is 3.29. The van der Waals surface area contributed by atoms with Gasteiger partial charge in [-0.3, -0.25) is 18.1 Å². The molecule has 0 aliphatic heterocycles. The van der Waals surface area contributed by atoms with E-state index in [1.807, 2.05) is 25.1 Å². The van der Waals surface area contributed by atoms with Crippen LogP contribution in [0.1, 0.15) is 63.4 Å². The van der Waals surface area contributed by atoms with E-state index < -0.39 is 22.2 Å². The van der Waals surface area contributed by atoms with Crippen molar-refractivity contribution in [3.8, 4) is 0 Å². The van der Waals surface area contributed by atoms with Gasteiger partial charge >= 0.3 is 0 Å². The van der Waals surface area contributed by atoms with Crippen molar-refractivity contribution in [2.24, 2.45) is 28.9 Å². The Morgan fingerprint density at radius 1 is 1.12 bits per heavy atom. The largest absolute Gasteiger partial charge is 0.755 e. The van der Waals surface area contributed by atoms with E-state index in [1.54, 1.807) is 6.07 Å². The Kier molecular flexibility index (Phi) is 5.36. The molecule has 0 spiro atoms. The van der Waals surface area contributed by atoms with E-state index in [0.29, 0.717) is 24.4 Å². The molecule has 1 aromatic rings. The molecule has 3 unspecified atom stereocenters. The first-order valence-corrected chi connectivity index (χ1v) is 12.9. The van der Waals surface area contributed by atoms with Crippen molar-refractivity contribution in [1.29, 1.82) is 0 Å². The lowest BCUT2D eigenvalue weighted by Crippen LogP contribution is -2.66. The van der Waals surface area contributed by atoms with Gasteiger partial charge in [0.05, 0.1) is 5.69 Å². The lowest BCUT2D eigenvalue weighted by Gasteiger charge is -2.59. The third-order valence-electron chi connectivity index (χ3n) is 8.82. The normalized spacial score (nSPS) is 35.4. The number of hydrogen-bond donors (Lipinski definition) is 2. The van der Waals surface area contributed by atoms with Crippen LogP contribution < -0.4 is 15.4 Å². The van der Waals surface area contributed by atoms with Gasteiger partial charge in [-0.05, 0) is 81.3 Å². The number of hydrogen-bond acceptors (Lipinski definition) is 4. The molecule has 0 aromatic heterocycles. The molecular weight excluding hydrogens is 426 g/mol. The summed E-state index contributed by atoms with van der Waals surface area (Å²) in [5.74, 6) is 0.599. The number of benzene rings is 1. The van der Waals surface area contributed by atoms with E-state index in [4.69, 9.17) is 5.73 Å². The average Bonchev–Trinajstić information content (AvgIpc) is 3.22. The predicted octanol–water partition coefficient (Wildman–Crippen LogP) is 2.70. The molecule has 5 fully saturated rings. The summed E-state index contributed by atoms with van der Waals surface area (Å²) < 4.78 is 26.3. The molecule has 3 N–H and O–H groups in total. The van der Waals surface area contributed by atoms with E-state index in [9.17, 15) is 18.4 Å². The van der Waals surface area contributed by atoms with Crippen molar-refractivity contribution in [2.75, 3.05) is 4.31 Å². The molecule has 0 heterocycles. The second kappa shape index (κ2) is 7.83. The van der Waals surface area contributed by atoms with E-state index in [1.165, 1.54) is 4.31 Å². The monoisotopic (exact) mass is 458 g/mol. The zero-order chi connectivity index (χ0) is 22.7. The summed E-state index contributed by atoms with van der Waals surface area (Å²) in [5.41, 5.74) is 5.69. The van der Waals surface area contributed by atoms with Crippen LogP contribution in [0.25, 0.3) is 0 Å². The van der Waals surface area contributed by atoms with Gasteiger partial charge in [0.2, 0.25) is 11.8 Å². The number of carbonyl (C=O) groups excluding carboxylic acids is 2. The standard InChI is InChI=1S/C24H33N3O4S/c1-15-6-2-3-7-19(15)27(32(30)31)24(8-4-5-9-24)22(29)26-20-17-10-16-11-18(20)14-23(12-16,13-17)21(25)28/h2-3,6-7,16-18,20H,4-5,8-14H2,1H3,(H2,25,28)(H,26,29)(H,30,31)/p-1. The second-order valence-corrected chi connectivity index (χ2v) is 11.4.